The molecule has 24 heteroatoms. The van der Waals surface area contributed by atoms with Gasteiger partial charge in [-0.3, -0.25) is 0 Å². The molecule has 768 valence electrons. The lowest BCUT2D eigenvalue weighted by molar-refractivity contribution is -0.368. The topological polar surface area (TPSA) is 184 Å². The largest absolute Gasteiger partial charge is 0.867 e. The third kappa shape index (κ3) is 61.4. The van der Waals surface area contributed by atoms with Gasteiger partial charge < -0.3 is 57.5 Å². The number of halogens is 4. The van der Waals surface area contributed by atoms with Crippen LogP contribution in [0.1, 0.15) is 455 Å². The van der Waals surface area contributed by atoms with Crippen LogP contribution in [0.4, 0.5) is 17.3 Å². The van der Waals surface area contributed by atoms with E-state index >= 15 is 0 Å². The van der Waals surface area contributed by atoms with Crippen molar-refractivity contribution in [2.24, 2.45) is 0 Å². The molecule has 0 aliphatic heterocycles. The minimum atomic E-state index is -3.17. The summed E-state index contributed by atoms with van der Waals surface area (Å²) in [7, 11) is -12.7. The van der Waals surface area contributed by atoms with E-state index in [0.717, 1.165) is 0 Å². The third-order valence-electron chi connectivity index (χ3n) is 19.3. The lowest BCUT2D eigenvalue weighted by Crippen LogP contribution is -2.39. The molecule has 8 aromatic rings. The summed E-state index contributed by atoms with van der Waals surface area (Å²) < 4.78 is 39.6. The van der Waals surface area contributed by atoms with E-state index in [1.165, 1.54) is 123 Å². The molecule has 0 radical (unpaired) electrons. The second-order valence-electron chi connectivity index (χ2n) is 52.0. The van der Waals surface area contributed by atoms with Crippen LogP contribution in [0, 0.1) is 55.4 Å². The van der Waals surface area contributed by atoms with Crippen molar-refractivity contribution in [3.05, 3.63) is 220 Å². The molecule has 0 fully saturated rings. The number of aryl methyl sites for hydroxylation is 8. The first-order valence-electron chi connectivity index (χ1n) is 47.3. The molecule has 0 saturated carbocycles. The fourth-order valence-electron chi connectivity index (χ4n) is 11.0. The zero-order valence-corrected chi connectivity index (χ0v) is 102. The maximum Gasteiger partial charge on any atom is 0.219 e. The van der Waals surface area contributed by atoms with E-state index in [-0.39, 0.29) is 86.6 Å². The summed E-state index contributed by atoms with van der Waals surface area (Å²) in [5, 5.41) is 66.4. The maximum absolute atomic E-state index is 9.89. The van der Waals surface area contributed by atoms with Crippen LogP contribution in [0.2, 0.25) is 0 Å². The van der Waals surface area contributed by atoms with E-state index in [4.69, 9.17) is 40.2 Å². The van der Waals surface area contributed by atoms with Crippen LogP contribution in [-0.4, -0.2) is 29.6 Å². The van der Waals surface area contributed by atoms with E-state index in [0.29, 0.717) is 0 Å². The first-order chi connectivity index (χ1) is 59.8. The monoisotopic (exact) mass is 2030 g/mol. The summed E-state index contributed by atoms with van der Waals surface area (Å²) in [6.07, 6.45) is 0. The summed E-state index contributed by atoms with van der Waals surface area (Å²) in [5.41, 5.74) is 15.2. The van der Waals surface area contributed by atoms with Crippen molar-refractivity contribution in [1.29, 1.82) is 0 Å². The van der Waals surface area contributed by atoms with Crippen molar-refractivity contribution < 1.29 is 57.5 Å². The van der Waals surface area contributed by atoms with Gasteiger partial charge in [0, 0.05) is 184 Å². The van der Waals surface area contributed by atoms with Gasteiger partial charge in [-0.1, -0.05) is 332 Å². The summed E-state index contributed by atoms with van der Waals surface area (Å²) >= 11 is 15.6. The lowest BCUT2D eigenvalue weighted by atomic mass is 9.92. The zero-order valence-electron chi connectivity index (χ0n) is 95.6. The highest BCUT2D eigenvalue weighted by atomic mass is 32.1. The van der Waals surface area contributed by atoms with E-state index < -0.39 is 29.6 Å². The Balaban J connectivity index is -0.000000715. The van der Waals surface area contributed by atoms with Crippen LogP contribution >= 0.6 is 90.7 Å². The van der Waals surface area contributed by atoms with Gasteiger partial charge in [-0.2, -0.15) is 0 Å². The predicted molar refractivity (Wildman–Crippen MR) is 594 cm³/mol. The molecule has 8 heterocycles. The highest BCUT2D eigenvalue weighted by Crippen LogP contribution is 2.43. The van der Waals surface area contributed by atoms with Gasteiger partial charge in [0.15, 0.2) is 0 Å². The van der Waals surface area contributed by atoms with Crippen molar-refractivity contribution in [2.75, 3.05) is 0 Å². The van der Waals surface area contributed by atoms with Crippen LogP contribution in [-0.2, 0) is 86.6 Å². The Morgan fingerprint density at radius 2 is 0.169 bits per heavy atom. The number of hydrogen-bond donors (Lipinski definition) is 0. The maximum atomic E-state index is 9.89. The molecule has 8 nitrogen and oxygen atoms in total. The number of rotatable bonds is 0. The van der Waals surface area contributed by atoms with E-state index in [9.17, 15) is 17.3 Å². The Hall–Kier alpha value is -3.78. The van der Waals surface area contributed by atoms with Crippen molar-refractivity contribution in [1.82, 2.24) is 0 Å². The highest BCUT2D eigenvalue weighted by molar-refractivity contribution is 7.14. The van der Waals surface area contributed by atoms with Crippen molar-refractivity contribution in [2.45, 2.75) is 474 Å². The Kier molecular flexibility index (Phi) is 56.5. The molecule has 0 aromatic carbocycles. The van der Waals surface area contributed by atoms with Crippen molar-refractivity contribution in [3.63, 3.8) is 0 Å². The average Bonchev–Trinajstić information content (AvgIpc) is 0.853. The zero-order chi connectivity index (χ0) is 109. The quantitative estimate of drug-likeness (QED) is 0.0815. The Morgan fingerprint density at radius 3 is 0.199 bits per heavy atom. The summed E-state index contributed by atoms with van der Waals surface area (Å²) in [5.74, 6) is 0. The van der Waals surface area contributed by atoms with Crippen LogP contribution < -0.4 is 40.2 Å². The Bertz CT molecular complexity index is 3710. The molecule has 0 bridgehead atoms. The van der Waals surface area contributed by atoms with Gasteiger partial charge in [-0.15, -0.1) is 0 Å². The van der Waals surface area contributed by atoms with Gasteiger partial charge >= 0.3 is 0 Å². The third-order valence-corrected chi connectivity index (χ3v) is 34.5. The fourth-order valence-corrected chi connectivity index (χ4v) is 21.7. The van der Waals surface area contributed by atoms with Gasteiger partial charge in [0.1, 0.15) is 29.6 Å². The molecule has 0 spiro atoms. The first kappa shape index (κ1) is 138. The van der Waals surface area contributed by atoms with E-state index in [2.05, 4.69) is 485 Å². The fraction of sp³-hybridized carbons (Fsp3) is 0.643. The highest BCUT2D eigenvalue weighted by Gasteiger charge is 2.40. The lowest BCUT2D eigenvalue weighted by Gasteiger charge is -2.15. The molecule has 8 aromatic heterocycles. The molecule has 8 rings (SSSR count). The smallest absolute Gasteiger partial charge is 0.219 e. The van der Waals surface area contributed by atoms with Gasteiger partial charge in [0.2, 0.25) is 169 Å². The van der Waals surface area contributed by atoms with Gasteiger partial charge in [0.25, 0.3) is 0 Å². The molecule has 0 unspecified atom stereocenters. The van der Waals surface area contributed by atoms with Crippen LogP contribution in [0.5, 0.6) is 0 Å². The molecule has 0 amide bonds. The second-order valence-corrected chi connectivity index (χ2v) is 60.7. The van der Waals surface area contributed by atoms with Gasteiger partial charge in [-0.05, 0) is 99.9 Å². The molecule has 0 N–H and O–H groups in total. The molecular formula is C112H184B4F4O8S8. The molecule has 0 atom stereocenters. The molecular weight excluding hydrogens is 1850 g/mol. The summed E-state index contributed by atoms with van der Waals surface area (Å²) in [6.45, 7) is 127. The van der Waals surface area contributed by atoms with Crippen LogP contribution in [0.25, 0.3) is 0 Å². The van der Waals surface area contributed by atoms with Gasteiger partial charge in [-0.25, -0.2) is 0 Å². The molecule has 136 heavy (non-hydrogen) atoms. The average molecular weight is 2030 g/mol. The minimum Gasteiger partial charge on any atom is -0.867 e. The van der Waals surface area contributed by atoms with Crippen molar-refractivity contribution >= 4 is 120 Å². The normalized spacial score (nSPS) is 12.3. The number of hydrogen-bond acceptors (Lipinski definition) is 8. The summed E-state index contributed by atoms with van der Waals surface area (Å²) in [4.78, 5) is 23.7. The molecule has 0 saturated heterocycles. The van der Waals surface area contributed by atoms with E-state index in [1.807, 2.05) is 90.7 Å². The molecule has 0 aliphatic carbocycles. The standard InChI is InChI=1S/8C14H23S.4BFO2/c8*1-10-8-11(13(2,3)4)15-12(9-10)14(5,6)7;4*2-1(3)4/h8*8-9H,1-7H3;;;;/q8*+1;4*-2. The Labute approximate surface area is 864 Å². The summed E-state index contributed by atoms with van der Waals surface area (Å²) in [6, 6.07) is 37.1. The Morgan fingerprint density at radius 1 is 0.132 bits per heavy atom. The van der Waals surface area contributed by atoms with Crippen LogP contribution in [0.15, 0.2) is 97.1 Å². The van der Waals surface area contributed by atoms with E-state index in [1.54, 1.807) is 0 Å². The first-order valence-corrected chi connectivity index (χ1v) is 53.8. The minimum absolute atomic E-state index is 0.261. The second kappa shape index (κ2) is 55.5. The SMILES string of the molecule is Cc1cc(C(C)(C)C)[s+]c(C(C)(C)C)c1.Cc1cc(C(C)(C)C)[s+]c(C(C)(C)C)c1.Cc1cc(C(C)(C)C)[s+]c(C(C)(C)C)c1.Cc1cc(C(C)(C)C)[s+]c(C(C)(C)C)c1.Cc1cc(C(C)(C)C)[s+]c(C(C)(C)C)c1.Cc1cc(C(C)(C)C)[s+]c(C(C)(C)C)c1.Cc1cc(C(C)(C)C)[s+]c(C(C)(C)C)c1.Cc1cc(C(C)(C)C)[s+]c(C(C)(C)C)c1.[O-]B([O-])F.[O-]B([O-])F.[O-]B([O-])F.[O-]B([O-])F. The van der Waals surface area contributed by atoms with Crippen LogP contribution in [0.3, 0.4) is 0 Å². The van der Waals surface area contributed by atoms with Gasteiger partial charge in [0.05, 0.1) is 0 Å². The van der Waals surface area contributed by atoms with Crippen molar-refractivity contribution in [3.8, 4) is 0 Å². The predicted octanol–water partition coefficient (Wildman–Crippen LogP) is 30.1. The molecule has 0 aliphatic rings.